The van der Waals surface area contributed by atoms with E-state index in [1.807, 2.05) is 0 Å². The lowest BCUT2D eigenvalue weighted by atomic mass is 9.67. The van der Waals surface area contributed by atoms with Crippen molar-refractivity contribution in [3.8, 4) is 0 Å². The first kappa shape index (κ1) is 10.1. The molecule has 0 heterocycles. The van der Waals surface area contributed by atoms with Crippen LogP contribution < -0.4 is 0 Å². The Morgan fingerprint density at radius 3 is 2.42 bits per heavy atom. The van der Waals surface area contributed by atoms with Crippen molar-refractivity contribution < 1.29 is 0 Å². The average molecular weight is 168 g/mol. The standard InChI is InChI=1S/C12H24/c1-4-5-6-7-10(2)12-9-8-11(12)3/h10-12H,4-9H2,1-3H3. The van der Waals surface area contributed by atoms with E-state index in [4.69, 9.17) is 0 Å². The molecule has 0 saturated heterocycles. The highest BCUT2D eigenvalue weighted by Crippen LogP contribution is 2.40. The Morgan fingerprint density at radius 1 is 1.25 bits per heavy atom. The van der Waals surface area contributed by atoms with E-state index in [0.29, 0.717) is 0 Å². The van der Waals surface area contributed by atoms with Crippen LogP contribution in [0.25, 0.3) is 0 Å². The fourth-order valence-corrected chi connectivity index (χ4v) is 2.47. The van der Waals surface area contributed by atoms with E-state index in [0.717, 1.165) is 17.8 Å². The van der Waals surface area contributed by atoms with E-state index in [1.165, 1.54) is 38.5 Å². The van der Waals surface area contributed by atoms with Gasteiger partial charge in [-0.05, 0) is 24.2 Å². The molecule has 0 N–H and O–H groups in total. The van der Waals surface area contributed by atoms with Crippen molar-refractivity contribution in [2.45, 2.75) is 59.3 Å². The van der Waals surface area contributed by atoms with E-state index < -0.39 is 0 Å². The minimum absolute atomic E-state index is 1.00. The van der Waals surface area contributed by atoms with Gasteiger partial charge in [0, 0.05) is 0 Å². The highest BCUT2D eigenvalue weighted by atomic mass is 14.4. The van der Waals surface area contributed by atoms with Gasteiger partial charge in [0.1, 0.15) is 0 Å². The molecular formula is C12H24. The van der Waals surface area contributed by atoms with Crippen molar-refractivity contribution in [2.24, 2.45) is 17.8 Å². The summed E-state index contributed by atoms with van der Waals surface area (Å²) in [6.45, 7) is 7.16. The summed E-state index contributed by atoms with van der Waals surface area (Å²) >= 11 is 0. The van der Waals surface area contributed by atoms with Crippen LogP contribution in [0.2, 0.25) is 0 Å². The Kier molecular flexibility index (Phi) is 4.11. The van der Waals surface area contributed by atoms with Crippen LogP contribution in [0, 0.1) is 17.8 Å². The Bertz CT molecular complexity index is 117. The second-order valence-corrected chi connectivity index (χ2v) is 4.69. The number of unbranched alkanes of at least 4 members (excludes halogenated alkanes) is 2. The van der Waals surface area contributed by atoms with Crippen LogP contribution in [-0.4, -0.2) is 0 Å². The molecule has 1 aliphatic rings. The molecule has 0 heteroatoms. The zero-order valence-electron chi connectivity index (χ0n) is 8.97. The molecule has 0 aromatic heterocycles. The molecule has 0 radical (unpaired) electrons. The zero-order valence-corrected chi connectivity index (χ0v) is 8.97. The molecule has 1 rings (SSSR count). The molecule has 0 amide bonds. The summed E-state index contributed by atoms with van der Waals surface area (Å²) in [6, 6.07) is 0. The summed E-state index contributed by atoms with van der Waals surface area (Å²) in [6.07, 6.45) is 8.74. The predicted octanol–water partition coefficient (Wildman–Crippen LogP) is 4.25. The molecule has 1 fully saturated rings. The molecule has 3 atom stereocenters. The molecule has 0 spiro atoms. The second-order valence-electron chi connectivity index (χ2n) is 4.69. The molecule has 0 aromatic carbocycles. The normalized spacial score (nSPS) is 31.2. The summed E-state index contributed by atoms with van der Waals surface area (Å²) in [7, 11) is 0. The molecule has 0 bridgehead atoms. The van der Waals surface area contributed by atoms with Gasteiger partial charge < -0.3 is 0 Å². The summed E-state index contributed by atoms with van der Waals surface area (Å²) in [5.41, 5.74) is 0. The lowest BCUT2D eigenvalue weighted by molar-refractivity contribution is 0.121. The van der Waals surface area contributed by atoms with Crippen molar-refractivity contribution >= 4 is 0 Å². The van der Waals surface area contributed by atoms with Gasteiger partial charge in [0.2, 0.25) is 0 Å². The van der Waals surface area contributed by atoms with Gasteiger partial charge in [-0.15, -0.1) is 0 Å². The summed E-state index contributed by atoms with van der Waals surface area (Å²) in [5, 5.41) is 0. The van der Waals surface area contributed by atoms with Gasteiger partial charge in [-0.3, -0.25) is 0 Å². The molecule has 3 unspecified atom stereocenters. The number of hydrogen-bond donors (Lipinski definition) is 0. The first-order valence-corrected chi connectivity index (χ1v) is 5.75. The molecule has 1 saturated carbocycles. The third kappa shape index (κ3) is 2.50. The molecular weight excluding hydrogens is 144 g/mol. The van der Waals surface area contributed by atoms with Gasteiger partial charge in [0.15, 0.2) is 0 Å². The van der Waals surface area contributed by atoms with Gasteiger partial charge in [0.05, 0.1) is 0 Å². The third-order valence-electron chi connectivity index (χ3n) is 3.68. The minimum Gasteiger partial charge on any atom is -0.0654 e. The Labute approximate surface area is 77.7 Å². The fourth-order valence-electron chi connectivity index (χ4n) is 2.47. The van der Waals surface area contributed by atoms with E-state index in [1.54, 1.807) is 0 Å². The molecule has 1 aliphatic carbocycles. The average Bonchev–Trinajstić information content (AvgIpc) is 2.02. The van der Waals surface area contributed by atoms with Crippen molar-refractivity contribution in [2.75, 3.05) is 0 Å². The van der Waals surface area contributed by atoms with E-state index >= 15 is 0 Å². The van der Waals surface area contributed by atoms with Crippen LogP contribution in [0.4, 0.5) is 0 Å². The molecule has 12 heavy (non-hydrogen) atoms. The van der Waals surface area contributed by atoms with Crippen LogP contribution in [0.3, 0.4) is 0 Å². The van der Waals surface area contributed by atoms with Gasteiger partial charge in [-0.25, -0.2) is 0 Å². The highest BCUT2D eigenvalue weighted by Gasteiger charge is 2.30. The maximum Gasteiger partial charge on any atom is -0.0363 e. The third-order valence-corrected chi connectivity index (χ3v) is 3.68. The second kappa shape index (κ2) is 4.89. The van der Waals surface area contributed by atoms with Crippen LogP contribution in [0.15, 0.2) is 0 Å². The molecule has 72 valence electrons. The van der Waals surface area contributed by atoms with Gasteiger partial charge in [-0.1, -0.05) is 52.9 Å². The molecule has 0 aliphatic heterocycles. The van der Waals surface area contributed by atoms with Gasteiger partial charge in [-0.2, -0.15) is 0 Å². The van der Waals surface area contributed by atoms with Gasteiger partial charge >= 0.3 is 0 Å². The van der Waals surface area contributed by atoms with E-state index in [2.05, 4.69) is 20.8 Å². The van der Waals surface area contributed by atoms with E-state index in [-0.39, 0.29) is 0 Å². The molecule has 0 aromatic rings. The highest BCUT2D eigenvalue weighted by molar-refractivity contribution is 4.81. The SMILES string of the molecule is CCCCCC(C)C1CCC1C. The Balaban J connectivity index is 2.06. The van der Waals surface area contributed by atoms with Crippen LogP contribution >= 0.6 is 0 Å². The monoisotopic (exact) mass is 168 g/mol. The Hall–Kier alpha value is 0. The first-order valence-electron chi connectivity index (χ1n) is 5.75. The number of hydrogen-bond acceptors (Lipinski definition) is 0. The summed E-state index contributed by atoms with van der Waals surface area (Å²) in [5.74, 6) is 3.10. The van der Waals surface area contributed by atoms with E-state index in [9.17, 15) is 0 Å². The zero-order chi connectivity index (χ0) is 8.97. The lowest BCUT2D eigenvalue weighted by Crippen LogP contribution is -2.28. The van der Waals surface area contributed by atoms with Crippen molar-refractivity contribution in [1.29, 1.82) is 0 Å². The van der Waals surface area contributed by atoms with Crippen molar-refractivity contribution in [3.63, 3.8) is 0 Å². The van der Waals surface area contributed by atoms with Crippen LogP contribution in [0.5, 0.6) is 0 Å². The van der Waals surface area contributed by atoms with Crippen LogP contribution in [-0.2, 0) is 0 Å². The smallest absolute Gasteiger partial charge is 0.0363 e. The largest absolute Gasteiger partial charge is 0.0654 e. The van der Waals surface area contributed by atoms with Crippen molar-refractivity contribution in [3.05, 3.63) is 0 Å². The van der Waals surface area contributed by atoms with Gasteiger partial charge in [0.25, 0.3) is 0 Å². The topological polar surface area (TPSA) is 0 Å². The maximum absolute atomic E-state index is 2.45. The summed E-state index contributed by atoms with van der Waals surface area (Å²) < 4.78 is 0. The Morgan fingerprint density at radius 2 is 2.00 bits per heavy atom. The quantitative estimate of drug-likeness (QED) is 0.538. The van der Waals surface area contributed by atoms with Crippen molar-refractivity contribution in [1.82, 2.24) is 0 Å². The summed E-state index contributed by atoms with van der Waals surface area (Å²) in [4.78, 5) is 0. The predicted molar refractivity (Wildman–Crippen MR) is 55.2 cm³/mol. The lowest BCUT2D eigenvalue weighted by Gasteiger charge is -2.38. The van der Waals surface area contributed by atoms with Crippen LogP contribution in [0.1, 0.15) is 59.3 Å². The number of rotatable bonds is 5. The fraction of sp³-hybridized carbons (Fsp3) is 1.00. The first-order chi connectivity index (χ1) is 5.75. The maximum atomic E-state index is 2.45. The molecule has 0 nitrogen and oxygen atoms in total. The minimum atomic E-state index is 1.00.